The minimum atomic E-state index is 0.607. The first kappa shape index (κ1) is 12.9. The molecule has 5 nitrogen and oxygen atoms in total. The lowest BCUT2D eigenvalue weighted by Crippen LogP contribution is -2.05. The number of aromatic nitrogens is 3. The predicted octanol–water partition coefficient (Wildman–Crippen LogP) is 3.05. The molecule has 2 heterocycles. The third-order valence-electron chi connectivity index (χ3n) is 2.36. The lowest BCUT2D eigenvalue weighted by molar-refractivity contribution is 0.453. The van der Waals surface area contributed by atoms with E-state index in [1.54, 1.807) is 12.6 Å². The summed E-state index contributed by atoms with van der Waals surface area (Å²) in [5, 5.41) is 4.75. The molecule has 0 amide bonds. The first-order chi connectivity index (χ1) is 8.70. The standard InChI is InChI=1S/C12H16N4OS/c1-4-5-13-10-9(3)11(15-7-14-10)18-12-16-8(2)6-17-12/h6-7H,4-5H2,1-3H3,(H,13,14,15). The number of nitrogens with zero attached hydrogens (tertiary/aromatic N) is 3. The second kappa shape index (κ2) is 5.86. The maximum absolute atomic E-state index is 5.32. The van der Waals surface area contributed by atoms with E-state index in [0.717, 1.165) is 35.1 Å². The molecule has 0 aromatic carbocycles. The quantitative estimate of drug-likeness (QED) is 0.837. The summed E-state index contributed by atoms with van der Waals surface area (Å²) in [5.74, 6) is 0.873. The van der Waals surface area contributed by atoms with Crippen molar-refractivity contribution in [3.8, 4) is 0 Å². The fraction of sp³-hybridized carbons (Fsp3) is 0.417. The van der Waals surface area contributed by atoms with Crippen LogP contribution in [0.15, 0.2) is 27.3 Å². The van der Waals surface area contributed by atoms with Crippen molar-refractivity contribution in [1.29, 1.82) is 0 Å². The van der Waals surface area contributed by atoms with E-state index in [1.807, 2.05) is 13.8 Å². The molecule has 2 aromatic rings. The van der Waals surface area contributed by atoms with Gasteiger partial charge < -0.3 is 9.73 Å². The summed E-state index contributed by atoms with van der Waals surface area (Å²) in [6.45, 7) is 6.92. The van der Waals surface area contributed by atoms with Crippen molar-refractivity contribution in [2.24, 2.45) is 0 Å². The molecule has 1 N–H and O–H groups in total. The highest BCUT2D eigenvalue weighted by Crippen LogP contribution is 2.29. The van der Waals surface area contributed by atoms with Gasteiger partial charge in [0.1, 0.15) is 23.4 Å². The van der Waals surface area contributed by atoms with Crippen LogP contribution in [0.5, 0.6) is 0 Å². The zero-order valence-corrected chi connectivity index (χ0v) is 11.5. The highest BCUT2D eigenvalue weighted by molar-refractivity contribution is 7.99. The predicted molar refractivity (Wildman–Crippen MR) is 70.9 cm³/mol. The van der Waals surface area contributed by atoms with Gasteiger partial charge in [0.2, 0.25) is 0 Å². The van der Waals surface area contributed by atoms with E-state index in [-0.39, 0.29) is 0 Å². The first-order valence-electron chi connectivity index (χ1n) is 5.86. The number of anilines is 1. The van der Waals surface area contributed by atoms with Crippen LogP contribution in [0.2, 0.25) is 0 Å². The van der Waals surface area contributed by atoms with Gasteiger partial charge in [-0.05, 0) is 32.0 Å². The summed E-state index contributed by atoms with van der Waals surface area (Å²) in [5.41, 5.74) is 1.89. The van der Waals surface area contributed by atoms with E-state index in [2.05, 4.69) is 27.2 Å². The van der Waals surface area contributed by atoms with Gasteiger partial charge in [0.05, 0.1) is 5.69 Å². The van der Waals surface area contributed by atoms with Gasteiger partial charge in [-0.25, -0.2) is 15.0 Å². The first-order valence-corrected chi connectivity index (χ1v) is 6.67. The third kappa shape index (κ3) is 3.01. The maximum Gasteiger partial charge on any atom is 0.262 e. The van der Waals surface area contributed by atoms with Crippen LogP contribution in [0.1, 0.15) is 24.6 Å². The molecule has 2 aromatic heterocycles. The molecule has 0 atom stereocenters. The molecule has 0 saturated carbocycles. The Hall–Kier alpha value is -1.56. The number of hydrogen-bond donors (Lipinski definition) is 1. The molecule has 0 aliphatic carbocycles. The smallest absolute Gasteiger partial charge is 0.262 e. The summed E-state index contributed by atoms with van der Waals surface area (Å²) >= 11 is 1.41. The Morgan fingerprint density at radius 3 is 2.83 bits per heavy atom. The van der Waals surface area contributed by atoms with Gasteiger partial charge in [0, 0.05) is 12.1 Å². The summed E-state index contributed by atoms with van der Waals surface area (Å²) in [7, 11) is 0. The number of rotatable bonds is 5. The number of nitrogens with one attached hydrogen (secondary N) is 1. The van der Waals surface area contributed by atoms with E-state index in [0.29, 0.717) is 5.22 Å². The van der Waals surface area contributed by atoms with Crippen LogP contribution < -0.4 is 5.32 Å². The fourth-order valence-corrected chi connectivity index (χ4v) is 2.22. The van der Waals surface area contributed by atoms with Crippen molar-refractivity contribution in [3.63, 3.8) is 0 Å². The molecule has 0 radical (unpaired) electrons. The van der Waals surface area contributed by atoms with Gasteiger partial charge >= 0.3 is 0 Å². The van der Waals surface area contributed by atoms with Gasteiger partial charge in [-0.2, -0.15) is 0 Å². The maximum atomic E-state index is 5.32. The lowest BCUT2D eigenvalue weighted by Gasteiger charge is -2.08. The fourth-order valence-electron chi connectivity index (χ4n) is 1.42. The Balaban J connectivity index is 2.17. The molecular weight excluding hydrogens is 248 g/mol. The van der Waals surface area contributed by atoms with Crippen LogP contribution in [-0.2, 0) is 0 Å². The summed E-state index contributed by atoms with van der Waals surface area (Å²) in [6.07, 6.45) is 4.25. The molecule has 18 heavy (non-hydrogen) atoms. The molecule has 0 saturated heterocycles. The van der Waals surface area contributed by atoms with Gasteiger partial charge in [0.25, 0.3) is 5.22 Å². The summed E-state index contributed by atoms with van der Waals surface area (Å²) in [6, 6.07) is 0. The average Bonchev–Trinajstić information content (AvgIpc) is 2.76. The average molecular weight is 264 g/mol. The second-order valence-corrected chi connectivity index (χ2v) is 4.88. The van der Waals surface area contributed by atoms with Gasteiger partial charge in [0.15, 0.2) is 0 Å². The van der Waals surface area contributed by atoms with Crippen LogP contribution in [0.3, 0.4) is 0 Å². The number of hydrogen-bond acceptors (Lipinski definition) is 6. The minimum Gasteiger partial charge on any atom is -0.439 e. The normalized spacial score (nSPS) is 10.6. The molecule has 0 aliphatic rings. The molecule has 0 unspecified atom stereocenters. The minimum absolute atomic E-state index is 0.607. The van der Waals surface area contributed by atoms with Crippen molar-refractivity contribution in [2.45, 2.75) is 37.4 Å². The van der Waals surface area contributed by atoms with E-state index in [9.17, 15) is 0 Å². The summed E-state index contributed by atoms with van der Waals surface area (Å²) in [4.78, 5) is 12.8. The van der Waals surface area contributed by atoms with E-state index < -0.39 is 0 Å². The van der Waals surface area contributed by atoms with Crippen LogP contribution in [0.4, 0.5) is 5.82 Å². The topological polar surface area (TPSA) is 63.8 Å². The van der Waals surface area contributed by atoms with Crippen LogP contribution in [-0.4, -0.2) is 21.5 Å². The van der Waals surface area contributed by atoms with Crippen molar-refractivity contribution in [3.05, 3.63) is 23.8 Å². The van der Waals surface area contributed by atoms with Gasteiger partial charge in [-0.3, -0.25) is 0 Å². The molecule has 96 valence electrons. The van der Waals surface area contributed by atoms with Crippen molar-refractivity contribution < 1.29 is 4.42 Å². The van der Waals surface area contributed by atoms with Crippen molar-refractivity contribution in [2.75, 3.05) is 11.9 Å². The Bertz CT molecular complexity index is 527. The number of aryl methyl sites for hydroxylation is 1. The second-order valence-electron chi connectivity index (χ2n) is 3.94. The van der Waals surface area contributed by atoms with E-state index in [1.165, 1.54) is 11.8 Å². The highest BCUT2D eigenvalue weighted by Gasteiger charge is 2.11. The van der Waals surface area contributed by atoms with Gasteiger partial charge in [-0.1, -0.05) is 6.92 Å². The zero-order valence-electron chi connectivity index (χ0n) is 10.7. The largest absolute Gasteiger partial charge is 0.439 e. The van der Waals surface area contributed by atoms with Crippen LogP contribution >= 0.6 is 11.8 Å². The SMILES string of the molecule is CCCNc1ncnc(Sc2nc(C)co2)c1C. The zero-order chi connectivity index (χ0) is 13.0. The van der Waals surface area contributed by atoms with Gasteiger partial charge in [-0.15, -0.1) is 0 Å². The molecule has 2 rings (SSSR count). The Kier molecular flexibility index (Phi) is 4.19. The number of oxazole rings is 1. The summed E-state index contributed by atoms with van der Waals surface area (Å²) < 4.78 is 5.32. The van der Waals surface area contributed by atoms with E-state index in [4.69, 9.17) is 4.42 Å². The Morgan fingerprint density at radius 1 is 1.33 bits per heavy atom. The lowest BCUT2D eigenvalue weighted by atomic mass is 10.3. The van der Waals surface area contributed by atoms with Crippen LogP contribution in [0.25, 0.3) is 0 Å². The van der Waals surface area contributed by atoms with Crippen LogP contribution in [0, 0.1) is 13.8 Å². The third-order valence-corrected chi connectivity index (χ3v) is 3.33. The molecule has 0 bridgehead atoms. The molecule has 6 heteroatoms. The van der Waals surface area contributed by atoms with Crippen molar-refractivity contribution in [1.82, 2.24) is 15.0 Å². The molecule has 0 spiro atoms. The Morgan fingerprint density at radius 2 is 2.17 bits per heavy atom. The molecular formula is C12H16N4OS. The van der Waals surface area contributed by atoms with Crippen molar-refractivity contribution >= 4 is 17.6 Å². The molecule has 0 aliphatic heterocycles. The Labute approximate surface area is 110 Å². The molecule has 0 fully saturated rings. The van der Waals surface area contributed by atoms with E-state index >= 15 is 0 Å². The monoisotopic (exact) mass is 264 g/mol. The highest BCUT2D eigenvalue weighted by atomic mass is 32.2.